The summed E-state index contributed by atoms with van der Waals surface area (Å²) in [5, 5.41) is 10.0. The second-order valence-electron chi connectivity index (χ2n) is 4.64. The summed E-state index contributed by atoms with van der Waals surface area (Å²) in [6, 6.07) is 11.5. The van der Waals surface area contributed by atoms with Gasteiger partial charge in [-0.3, -0.25) is 0 Å². The van der Waals surface area contributed by atoms with Crippen LogP contribution in [0.1, 0.15) is 12.0 Å². The lowest BCUT2D eigenvalue weighted by atomic mass is 10.1. The maximum Gasteiger partial charge on any atom is 0.215 e. The quantitative estimate of drug-likeness (QED) is 0.770. The number of aromatic nitrogens is 1. The molecule has 0 bridgehead atoms. The molecule has 0 saturated heterocycles. The van der Waals surface area contributed by atoms with E-state index in [0.717, 1.165) is 23.9 Å². The molecule has 0 aliphatic heterocycles. The highest BCUT2D eigenvalue weighted by Crippen LogP contribution is 2.21. The molecule has 98 valence electrons. The standard InChI is InChI=1S/C15H17N3O/c1-18(2)8-5-9-19-15-10-12(11-16)13-6-3-4-7-14(13)17-15/h3-4,6-7,10H,5,8-9H2,1-2H3. The van der Waals surface area contributed by atoms with Gasteiger partial charge in [-0.25, -0.2) is 4.98 Å². The summed E-state index contributed by atoms with van der Waals surface area (Å²) in [5.41, 5.74) is 1.40. The fourth-order valence-electron chi connectivity index (χ4n) is 1.88. The molecule has 0 aliphatic rings. The number of hydrogen-bond acceptors (Lipinski definition) is 4. The van der Waals surface area contributed by atoms with Gasteiger partial charge in [0.1, 0.15) is 6.07 Å². The van der Waals surface area contributed by atoms with Gasteiger partial charge in [-0.2, -0.15) is 5.26 Å². The molecule has 1 aromatic heterocycles. The maximum absolute atomic E-state index is 9.16. The monoisotopic (exact) mass is 255 g/mol. The van der Waals surface area contributed by atoms with Gasteiger partial charge in [0.15, 0.2) is 0 Å². The molecule has 1 heterocycles. The van der Waals surface area contributed by atoms with Crippen LogP contribution in [-0.2, 0) is 0 Å². The SMILES string of the molecule is CN(C)CCCOc1cc(C#N)c2ccccc2n1. The zero-order valence-electron chi connectivity index (χ0n) is 11.3. The number of nitriles is 1. The molecule has 0 unspecified atom stereocenters. The van der Waals surface area contributed by atoms with Crippen molar-refractivity contribution in [1.29, 1.82) is 5.26 Å². The van der Waals surface area contributed by atoms with Crippen molar-refractivity contribution in [3.05, 3.63) is 35.9 Å². The minimum Gasteiger partial charge on any atom is -0.478 e. The number of ether oxygens (including phenoxy) is 1. The highest BCUT2D eigenvalue weighted by atomic mass is 16.5. The molecule has 2 rings (SSSR count). The molecule has 0 amide bonds. The van der Waals surface area contributed by atoms with Gasteiger partial charge in [-0.1, -0.05) is 18.2 Å². The molecule has 0 N–H and O–H groups in total. The Morgan fingerprint density at radius 2 is 2.11 bits per heavy atom. The summed E-state index contributed by atoms with van der Waals surface area (Å²) < 4.78 is 5.62. The second-order valence-corrected chi connectivity index (χ2v) is 4.64. The van der Waals surface area contributed by atoms with Crippen LogP contribution in [0.3, 0.4) is 0 Å². The maximum atomic E-state index is 9.16. The van der Waals surface area contributed by atoms with Crippen LogP contribution in [0.15, 0.2) is 30.3 Å². The molecule has 2 aromatic rings. The Bertz CT molecular complexity index is 602. The topological polar surface area (TPSA) is 49.1 Å². The van der Waals surface area contributed by atoms with Crippen LogP contribution in [0.4, 0.5) is 0 Å². The van der Waals surface area contributed by atoms with E-state index < -0.39 is 0 Å². The summed E-state index contributed by atoms with van der Waals surface area (Å²) in [6.45, 7) is 1.58. The summed E-state index contributed by atoms with van der Waals surface area (Å²) >= 11 is 0. The summed E-state index contributed by atoms with van der Waals surface area (Å²) in [7, 11) is 4.06. The molecule has 0 saturated carbocycles. The average Bonchev–Trinajstić information content (AvgIpc) is 2.42. The third-order valence-corrected chi connectivity index (χ3v) is 2.81. The molecule has 4 heteroatoms. The van der Waals surface area contributed by atoms with Gasteiger partial charge in [-0.05, 0) is 26.6 Å². The predicted octanol–water partition coefficient (Wildman–Crippen LogP) is 2.44. The van der Waals surface area contributed by atoms with E-state index >= 15 is 0 Å². The van der Waals surface area contributed by atoms with Crippen LogP contribution in [0.5, 0.6) is 5.88 Å². The van der Waals surface area contributed by atoms with Crippen molar-refractivity contribution < 1.29 is 4.74 Å². The third kappa shape index (κ3) is 3.43. The van der Waals surface area contributed by atoms with Gasteiger partial charge in [0.25, 0.3) is 0 Å². The number of fused-ring (bicyclic) bond motifs is 1. The lowest BCUT2D eigenvalue weighted by Gasteiger charge is -2.10. The molecule has 0 radical (unpaired) electrons. The van der Waals surface area contributed by atoms with Crippen molar-refractivity contribution in [1.82, 2.24) is 9.88 Å². The molecule has 0 atom stereocenters. The van der Waals surface area contributed by atoms with Crippen molar-refractivity contribution in [3.8, 4) is 11.9 Å². The zero-order valence-corrected chi connectivity index (χ0v) is 11.3. The number of hydrogen-bond donors (Lipinski definition) is 0. The van der Waals surface area contributed by atoms with Gasteiger partial charge in [0.05, 0.1) is 17.7 Å². The molecule has 0 aliphatic carbocycles. The first-order chi connectivity index (χ1) is 9.20. The van der Waals surface area contributed by atoms with Crippen molar-refractivity contribution in [2.24, 2.45) is 0 Å². The third-order valence-electron chi connectivity index (χ3n) is 2.81. The Balaban J connectivity index is 2.14. The fraction of sp³-hybridized carbons (Fsp3) is 0.333. The van der Waals surface area contributed by atoms with Gasteiger partial charge >= 0.3 is 0 Å². The highest BCUT2D eigenvalue weighted by Gasteiger charge is 2.05. The fourth-order valence-corrected chi connectivity index (χ4v) is 1.88. The summed E-state index contributed by atoms with van der Waals surface area (Å²) in [5.74, 6) is 0.522. The smallest absolute Gasteiger partial charge is 0.215 e. The van der Waals surface area contributed by atoms with E-state index in [4.69, 9.17) is 10.00 Å². The minimum absolute atomic E-state index is 0.522. The van der Waals surface area contributed by atoms with Crippen LogP contribution in [0, 0.1) is 11.3 Å². The molecule has 1 aromatic carbocycles. The van der Waals surface area contributed by atoms with Gasteiger partial charge in [-0.15, -0.1) is 0 Å². The number of benzene rings is 1. The molecular formula is C15H17N3O. The lowest BCUT2D eigenvalue weighted by molar-refractivity contribution is 0.274. The molecular weight excluding hydrogens is 238 g/mol. The van der Waals surface area contributed by atoms with Crippen molar-refractivity contribution in [2.75, 3.05) is 27.2 Å². The molecule has 19 heavy (non-hydrogen) atoms. The van der Waals surface area contributed by atoms with E-state index in [1.807, 2.05) is 38.4 Å². The molecule has 0 fully saturated rings. The number of rotatable bonds is 5. The van der Waals surface area contributed by atoms with E-state index in [2.05, 4.69) is 16.0 Å². The summed E-state index contributed by atoms with van der Waals surface area (Å²) in [6.07, 6.45) is 0.934. The Hall–Kier alpha value is -2.12. The number of nitrogens with zero attached hydrogens (tertiary/aromatic N) is 3. The number of para-hydroxylation sites is 1. The van der Waals surface area contributed by atoms with Crippen LogP contribution < -0.4 is 4.74 Å². The first-order valence-electron chi connectivity index (χ1n) is 6.28. The van der Waals surface area contributed by atoms with Gasteiger partial charge < -0.3 is 9.64 Å². The second kappa shape index (κ2) is 6.17. The number of pyridine rings is 1. The summed E-state index contributed by atoms with van der Waals surface area (Å²) in [4.78, 5) is 6.52. The van der Waals surface area contributed by atoms with Crippen molar-refractivity contribution >= 4 is 10.9 Å². The van der Waals surface area contributed by atoms with Crippen LogP contribution in [0.25, 0.3) is 10.9 Å². The van der Waals surface area contributed by atoms with Gasteiger partial charge in [0, 0.05) is 18.0 Å². The van der Waals surface area contributed by atoms with Crippen LogP contribution in [-0.4, -0.2) is 37.1 Å². The highest BCUT2D eigenvalue weighted by molar-refractivity contribution is 5.85. The minimum atomic E-state index is 0.522. The predicted molar refractivity (Wildman–Crippen MR) is 75.1 cm³/mol. The first-order valence-corrected chi connectivity index (χ1v) is 6.28. The van der Waals surface area contributed by atoms with E-state index in [0.29, 0.717) is 18.1 Å². The Labute approximate surface area is 113 Å². The average molecular weight is 255 g/mol. The van der Waals surface area contributed by atoms with E-state index in [9.17, 15) is 0 Å². The van der Waals surface area contributed by atoms with Crippen LogP contribution >= 0.6 is 0 Å². The Morgan fingerprint density at radius 3 is 2.84 bits per heavy atom. The zero-order chi connectivity index (χ0) is 13.7. The normalized spacial score (nSPS) is 10.6. The molecule has 0 spiro atoms. The van der Waals surface area contributed by atoms with E-state index in [1.165, 1.54) is 0 Å². The largest absolute Gasteiger partial charge is 0.478 e. The Kier molecular flexibility index (Phi) is 4.32. The van der Waals surface area contributed by atoms with Crippen LogP contribution in [0.2, 0.25) is 0 Å². The Morgan fingerprint density at radius 1 is 1.32 bits per heavy atom. The van der Waals surface area contributed by atoms with Crippen molar-refractivity contribution in [2.45, 2.75) is 6.42 Å². The lowest BCUT2D eigenvalue weighted by Crippen LogP contribution is -2.15. The first kappa shape index (κ1) is 13.3. The van der Waals surface area contributed by atoms with E-state index in [-0.39, 0.29) is 0 Å². The molecule has 4 nitrogen and oxygen atoms in total. The van der Waals surface area contributed by atoms with Crippen molar-refractivity contribution in [3.63, 3.8) is 0 Å². The van der Waals surface area contributed by atoms with E-state index in [1.54, 1.807) is 6.07 Å². The van der Waals surface area contributed by atoms with Gasteiger partial charge in [0.2, 0.25) is 5.88 Å².